The Kier molecular flexibility index (Phi) is 3.68. The van der Waals surface area contributed by atoms with Crippen LogP contribution in [-0.4, -0.2) is 23.1 Å². The van der Waals surface area contributed by atoms with Crippen molar-refractivity contribution in [3.63, 3.8) is 0 Å². The first-order valence-corrected chi connectivity index (χ1v) is 4.99. The molecule has 1 heterocycles. The van der Waals surface area contributed by atoms with Gasteiger partial charge in [0.15, 0.2) is 0 Å². The normalized spacial score (nSPS) is 10.6. The van der Waals surface area contributed by atoms with Gasteiger partial charge in [-0.3, -0.25) is 0 Å². The van der Waals surface area contributed by atoms with Crippen LogP contribution in [0.4, 0.5) is 11.6 Å². The van der Waals surface area contributed by atoms with Crippen LogP contribution in [0.2, 0.25) is 0 Å². The third-order valence-electron chi connectivity index (χ3n) is 2.53. The first kappa shape index (κ1) is 10.8. The number of hydrogen-bond donors (Lipinski definition) is 1. The summed E-state index contributed by atoms with van der Waals surface area (Å²) in [6.45, 7) is 4.35. The van der Waals surface area contributed by atoms with Gasteiger partial charge < -0.3 is 10.6 Å². The monoisotopic (exact) mass is 194 g/mol. The Balaban J connectivity index is 2.82. The van der Waals surface area contributed by atoms with Gasteiger partial charge in [-0.1, -0.05) is 13.8 Å². The van der Waals surface area contributed by atoms with E-state index in [1.54, 1.807) is 6.07 Å². The molecular weight excluding hydrogens is 176 g/mol. The average Bonchev–Trinajstić information content (AvgIpc) is 2.19. The van der Waals surface area contributed by atoms with E-state index in [0.717, 1.165) is 18.7 Å². The molecule has 0 aliphatic rings. The number of aromatic nitrogens is 2. The van der Waals surface area contributed by atoms with Crippen LogP contribution >= 0.6 is 0 Å². The third-order valence-corrected chi connectivity index (χ3v) is 2.53. The molecule has 0 aliphatic heterocycles. The molecule has 1 aromatic heterocycles. The van der Waals surface area contributed by atoms with Crippen molar-refractivity contribution in [3.05, 3.63) is 12.4 Å². The topological polar surface area (TPSA) is 55.0 Å². The summed E-state index contributed by atoms with van der Waals surface area (Å²) in [4.78, 5) is 10.2. The van der Waals surface area contributed by atoms with Crippen molar-refractivity contribution in [2.45, 2.75) is 32.7 Å². The maximum Gasteiger partial charge on any atom is 0.134 e. The fraction of sp³-hybridized carbons (Fsp3) is 0.600. The van der Waals surface area contributed by atoms with Gasteiger partial charge in [0.25, 0.3) is 0 Å². The van der Waals surface area contributed by atoms with Crippen molar-refractivity contribution in [2.24, 2.45) is 0 Å². The predicted molar refractivity (Wildman–Crippen MR) is 59.2 cm³/mol. The first-order chi connectivity index (χ1) is 6.69. The van der Waals surface area contributed by atoms with Crippen LogP contribution in [0.15, 0.2) is 12.4 Å². The zero-order valence-electron chi connectivity index (χ0n) is 9.07. The van der Waals surface area contributed by atoms with Crippen LogP contribution in [0, 0.1) is 0 Å². The van der Waals surface area contributed by atoms with Crippen molar-refractivity contribution in [2.75, 3.05) is 17.7 Å². The SMILES string of the molecule is CCC(CC)N(C)c1cc(N)ncn1. The Morgan fingerprint density at radius 1 is 1.36 bits per heavy atom. The van der Waals surface area contributed by atoms with Gasteiger partial charge in [0.2, 0.25) is 0 Å². The summed E-state index contributed by atoms with van der Waals surface area (Å²) in [7, 11) is 2.04. The first-order valence-electron chi connectivity index (χ1n) is 4.99. The highest BCUT2D eigenvalue weighted by molar-refractivity contribution is 5.45. The molecule has 1 aromatic rings. The second-order valence-corrected chi connectivity index (χ2v) is 3.38. The largest absolute Gasteiger partial charge is 0.384 e. The zero-order valence-corrected chi connectivity index (χ0v) is 9.07. The van der Waals surface area contributed by atoms with Gasteiger partial charge in [0.1, 0.15) is 18.0 Å². The fourth-order valence-electron chi connectivity index (χ4n) is 1.58. The number of rotatable bonds is 4. The molecular formula is C10H18N4. The molecule has 0 amide bonds. The molecule has 0 saturated heterocycles. The maximum absolute atomic E-state index is 5.60. The Morgan fingerprint density at radius 3 is 2.50 bits per heavy atom. The number of anilines is 2. The molecule has 0 spiro atoms. The lowest BCUT2D eigenvalue weighted by Gasteiger charge is -2.27. The molecule has 0 bridgehead atoms. The molecule has 0 saturated carbocycles. The molecule has 0 fully saturated rings. The molecule has 2 N–H and O–H groups in total. The summed E-state index contributed by atoms with van der Waals surface area (Å²) < 4.78 is 0. The smallest absolute Gasteiger partial charge is 0.134 e. The van der Waals surface area contributed by atoms with Gasteiger partial charge in [-0.2, -0.15) is 0 Å². The van der Waals surface area contributed by atoms with E-state index in [0.29, 0.717) is 11.9 Å². The lowest BCUT2D eigenvalue weighted by atomic mass is 10.1. The van der Waals surface area contributed by atoms with Crippen LogP contribution in [0.3, 0.4) is 0 Å². The van der Waals surface area contributed by atoms with Crippen LogP contribution in [0.25, 0.3) is 0 Å². The van der Waals surface area contributed by atoms with Gasteiger partial charge in [-0.25, -0.2) is 9.97 Å². The minimum Gasteiger partial charge on any atom is -0.384 e. The van der Waals surface area contributed by atoms with Gasteiger partial charge in [-0.05, 0) is 12.8 Å². The van der Waals surface area contributed by atoms with E-state index in [1.807, 2.05) is 7.05 Å². The van der Waals surface area contributed by atoms with Crippen LogP contribution < -0.4 is 10.6 Å². The van der Waals surface area contributed by atoms with Gasteiger partial charge in [0.05, 0.1) is 0 Å². The molecule has 14 heavy (non-hydrogen) atoms. The summed E-state index contributed by atoms with van der Waals surface area (Å²) >= 11 is 0. The highest BCUT2D eigenvalue weighted by Gasteiger charge is 2.12. The third kappa shape index (κ3) is 2.34. The Bertz CT molecular complexity index is 283. The highest BCUT2D eigenvalue weighted by Crippen LogP contribution is 2.16. The molecule has 1 rings (SSSR count). The summed E-state index contributed by atoms with van der Waals surface area (Å²) in [5.74, 6) is 1.42. The minimum absolute atomic E-state index is 0.518. The van der Waals surface area contributed by atoms with Crippen LogP contribution in [-0.2, 0) is 0 Å². The standard InChI is InChI=1S/C10H18N4/c1-4-8(5-2)14(3)10-6-9(11)12-7-13-10/h6-8H,4-5H2,1-3H3,(H2,11,12,13). The summed E-state index contributed by atoms with van der Waals surface area (Å²) in [6.07, 6.45) is 3.72. The molecule has 0 radical (unpaired) electrons. The van der Waals surface area contributed by atoms with E-state index in [1.165, 1.54) is 6.33 Å². The second-order valence-electron chi connectivity index (χ2n) is 3.38. The van der Waals surface area contributed by atoms with E-state index in [9.17, 15) is 0 Å². The summed E-state index contributed by atoms with van der Waals surface area (Å²) in [6, 6.07) is 2.32. The molecule has 0 atom stereocenters. The zero-order chi connectivity index (χ0) is 10.6. The van der Waals surface area contributed by atoms with Crippen LogP contribution in [0.1, 0.15) is 26.7 Å². The number of hydrogen-bond acceptors (Lipinski definition) is 4. The second kappa shape index (κ2) is 4.79. The van der Waals surface area contributed by atoms with Gasteiger partial charge in [-0.15, -0.1) is 0 Å². The van der Waals surface area contributed by atoms with Crippen molar-refractivity contribution in [1.82, 2.24) is 9.97 Å². The number of nitrogen functional groups attached to an aromatic ring is 1. The lowest BCUT2D eigenvalue weighted by Crippen LogP contribution is -2.31. The molecule has 4 nitrogen and oxygen atoms in total. The van der Waals surface area contributed by atoms with Crippen molar-refractivity contribution >= 4 is 11.6 Å². The van der Waals surface area contributed by atoms with E-state index in [2.05, 4.69) is 28.7 Å². The number of nitrogens with two attached hydrogens (primary N) is 1. The lowest BCUT2D eigenvalue weighted by molar-refractivity contribution is 0.586. The van der Waals surface area contributed by atoms with Crippen molar-refractivity contribution in [3.8, 4) is 0 Å². The molecule has 0 aromatic carbocycles. The van der Waals surface area contributed by atoms with Crippen LogP contribution in [0.5, 0.6) is 0 Å². The number of nitrogens with zero attached hydrogens (tertiary/aromatic N) is 3. The quantitative estimate of drug-likeness (QED) is 0.792. The average molecular weight is 194 g/mol. The fourth-order valence-corrected chi connectivity index (χ4v) is 1.58. The summed E-state index contributed by atoms with van der Waals surface area (Å²) in [5, 5.41) is 0. The minimum atomic E-state index is 0.518. The molecule has 0 unspecified atom stereocenters. The van der Waals surface area contributed by atoms with Crippen molar-refractivity contribution < 1.29 is 0 Å². The van der Waals surface area contributed by atoms with E-state index in [4.69, 9.17) is 5.73 Å². The van der Waals surface area contributed by atoms with Gasteiger partial charge >= 0.3 is 0 Å². The van der Waals surface area contributed by atoms with E-state index < -0.39 is 0 Å². The Morgan fingerprint density at radius 2 is 2.00 bits per heavy atom. The Labute approximate surface area is 85.2 Å². The highest BCUT2D eigenvalue weighted by atomic mass is 15.2. The van der Waals surface area contributed by atoms with E-state index >= 15 is 0 Å². The van der Waals surface area contributed by atoms with E-state index in [-0.39, 0.29) is 0 Å². The summed E-state index contributed by atoms with van der Waals surface area (Å²) in [5.41, 5.74) is 5.60. The molecule has 4 heteroatoms. The van der Waals surface area contributed by atoms with Gasteiger partial charge in [0, 0.05) is 19.2 Å². The predicted octanol–water partition coefficient (Wildman–Crippen LogP) is 1.68. The maximum atomic E-state index is 5.60. The molecule has 78 valence electrons. The molecule has 0 aliphatic carbocycles. The van der Waals surface area contributed by atoms with Crippen molar-refractivity contribution in [1.29, 1.82) is 0 Å². The Hall–Kier alpha value is -1.32.